The fourth-order valence-corrected chi connectivity index (χ4v) is 3.26. The summed E-state index contributed by atoms with van der Waals surface area (Å²) in [4.78, 5) is 20.0. The highest BCUT2D eigenvalue weighted by molar-refractivity contribution is 5.84. The van der Waals surface area contributed by atoms with Gasteiger partial charge in [-0.1, -0.05) is 24.3 Å². The maximum Gasteiger partial charge on any atom is 0.229 e. The number of nitrogens with zero attached hydrogens (tertiary/aromatic N) is 1. The highest BCUT2D eigenvalue weighted by Gasteiger charge is 2.44. The summed E-state index contributed by atoms with van der Waals surface area (Å²) in [6.07, 6.45) is 2.05. The molecule has 1 aromatic heterocycles. The van der Waals surface area contributed by atoms with E-state index in [1.165, 1.54) is 6.07 Å². The molecule has 2 aromatic carbocycles. The lowest BCUT2D eigenvalue weighted by Crippen LogP contribution is -2.62. The number of aromatic nitrogens is 2. The zero-order valence-electron chi connectivity index (χ0n) is 13.7. The highest BCUT2D eigenvalue weighted by Crippen LogP contribution is 2.29. The molecule has 0 atom stereocenters. The molecule has 0 bridgehead atoms. The van der Waals surface area contributed by atoms with Crippen molar-refractivity contribution < 1.29 is 9.18 Å². The van der Waals surface area contributed by atoms with Gasteiger partial charge in [-0.15, -0.1) is 0 Å². The molecule has 128 valence electrons. The van der Waals surface area contributed by atoms with Crippen LogP contribution < -0.4 is 10.6 Å². The third-order valence-corrected chi connectivity index (χ3v) is 4.83. The average Bonchev–Trinajstić information content (AvgIpc) is 3.05. The number of hydrogen-bond donors (Lipinski definition) is 3. The number of imidazole rings is 1. The van der Waals surface area contributed by atoms with Crippen LogP contribution in [0.2, 0.25) is 0 Å². The van der Waals surface area contributed by atoms with Gasteiger partial charge in [-0.3, -0.25) is 4.79 Å². The van der Waals surface area contributed by atoms with Crippen LogP contribution in [0.5, 0.6) is 0 Å². The van der Waals surface area contributed by atoms with E-state index in [2.05, 4.69) is 20.6 Å². The van der Waals surface area contributed by atoms with E-state index < -0.39 is 5.41 Å². The minimum atomic E-state index is -0.583. The molecule has 1 aliphatic rings. The molecule has 1 amide bonds. The number of benzene rings is 2. The van der Waals surface area contributed by atoms with Crippen LogP contribution in [0.3, 0.4) is 0 Å². The Morgan fingerprint density at radius 1 is 1.24 bits per heavy atom. The number of amides is 1. The van der Waals surface area contributed by atoms with Gasteiger partial charge >= 0.3 is 0 Å². The maximum absolute atomic E-state index is 14.0. The van der Waals surface area contributed by atoms with Crippen molar-refractivity contribution >= 4 is 16.9 Å². The summed E-state index contributed by atoms with van der Waals surface area (Å²) in [5.74, 6) is -0.300. The lowest BCUT2D eigenvalue weighted by Gasteiger charge is -2.41. The summed E-state index contributed by atoms with van der Waals surface area (Å²) >= 11 is 0. The van der Waals surface area contributed by atoms with Crippen molar-refractivity contribution in [3.05, 3.63) is 65.7 Å². The average molecular weight is 338 g/mol. The van der Waals surface area contributed by atoms with Crippen molar-refractivity contribution in [1.82, 2.24) is 20.6 Å². The second-order valence-corrected chi connectivity index (χ2v) is 6.59. The van der Waals surface area contributed by atoms with Crippen molar-refractivity contribution in [3.8, 4) is 0 Å². The molecule has 5 nitrogen and oxygen atoms in total. The fourth-order valence-electron chi connectivity index (χ4n) is 3.26. The van der Waals surface area contributed by atoms with Gasteiger partial charge in [0, 0.05) is 19.6 Å². The van der Waals surface area contributed by atoms with Crippen LogP contribution in [0.1, 0.15) is 11.1 Å². The molecule has 25 heavy (non-hydrogen) atoms. The van der Waals surface area contributed by atoms with Crippen LogP contribution in [0.25, 0.3) is 11.0 Å². The lowest BCUT2D eigenvalue weighted by molar-refractivity contribution is -0.134. The molecule has 0 saturated carbocycles. The summed E-state index contributed by atoms with van der Waals surface area (Å²) in [6.45, 7) is 1.56. The first-order valence-electron chi connectivity index (χ1n) is 8.31. The van der Waals surface area contributed by atoms with Crippen molar-refractivity contribution in [3.63, 3.8) is 0 Å². The molecule has 1 fully saturated rings. The van der Waals surface area contributed by atoms with Crippen molar-refractivity contribution in [2.75, 3.05) is 13.1 Å². The zero-order chi connectivity index (χ0) is 17.3. The predicted octanol–water partition coefficient (Wildman–Crippen LogP) is 2.15. The van der Waals surface area contributed by atoms with Gasteiger partial charge in [-0.2, -0.15) is 0 Å². The first-order valence-corrected chi connectivity index (χ1v) is 8.31. The second kappa shape index (κ2) is 6.29. The lowest BCUT2D eigenvalue weighted by atomic mass is 9.75. The topological polar surface area (TPSA) is 69.8 Å². The molecule has 4 rings (SSSR count). The van der Waals surface area contributed by atoms with Gasteiger partial charge in [0.15, 0.2) is 0 Å². The predicted molar refractivity (Wildman–Crippen MR) is 93.3 cm³/mol. The minimum absolute atomic E-state index is 0.0424. The summed E-state index contributed by atoms with van der Waals surface area (Å²) in [5, 5.41) is 6.15. The van der Waals surface area contributed by atoms with E-state index in [-0.39, 0.29) is 11.7 Å². The van der Waals surface area contributed by atoms with E-state index in [1.54, 1.807) is 24.5 Å². The molecule has 3 N–H and O–H groups in total. The van der Waals surface area contributed by atoms with Gasteiger partial charge in [-0.25, -0.2) is 9.37 Å². The number of carbonyl (C=O) groups excluding carboxylic acids is 1. The minimum Gasteiger partial charge on any atom is -0.351 e. The molecular weight excluding hydrogens is 319 g/mol. The normalized spacial score (nSPS) is 15.7. The second-order valence-electron chi connectivity index (χ2n) is 6.59. The Balaban J connectivity index is 1.46. The number of halogens is 1. The number of H-pyrrole nitrogens is 1. The van der Waals surface area contributed by atoms with E-state index in [0.717, 1.165) is 16.6 Å². The zero-order valence-corrected chi connectivity index (χ0v) is 13.7. The smallest absolute Gasteiger partial charge is 0.229 e. The summed E-state index contributed by atoms with van der Waals surface area (Å²) in [7, 11) is 0. The van der Waals surface area contributed by atoms with Crippen molar-refractivity contribution in [2.24, 2.45) is 5.41 Å². The molecule has 1 saturated heterocycles. The summed E-state index contributed by atoms with van der Waals surface area (Å²) in [5.41, 5.74) is 2.84. The quantitative estimate of drug-likeness (QED) is 0.668. The van der Waals surface area contributed by atoms with Crippen LogP contribution in [0.4, 0.5) is 4.39 Å². The van der Waals surface area contributed by atoms with Crippen LogP contribution in [0, 0.1) is 11.2 Å². The maximum atomic E-state index is 14.0. The standard InChI is InChI=1S/C19H19FN4O/c20-15-4-2-1-3-14(15)8-19(10-21-11-19)18(25)22-9-13-5-6-16-17(7-13)24-12-23-16/h1-7,12,21H,8-11H2,(H,22,25)(H,23,24). The Hall–Kier alpha value is -2.73. The summed E-state index contributed by atoms with van der Waals surface area (Å²) in [6, 6.07) is 12.5. The molecule has 1 aliphatic heterocycles. The molecule has 3 aromatic rings. The number of nitrogens with one attached hydrogen (secondary N) is 3. The van der Waals surface area contributed by atoms with Gasteiger partial charge < -0.3 is 15.6 Å². The molecular formula is C19H19FN4O. The van der Waals surface area contributed by atoms with Gasteiger partial charge in [0.05, 0.1) is 22.8 Å². The van der Waals surface area contributed by atoms with E-state index in [1.807, 2.05) is 18.2 Å². The third kappa shape index (κ3) is 3.00. The van der Waals surface area contributed by atoms with Gasteiger partial charge in [0.1, 0.15) is 5.82 Å². The van der Waals surface area contributed by atoms with Crippen molar-refractivity contribution in [1.29, 1.82) is 0 Å². The van der Waals surface area contributed by atoms with E-state index in [0.29, 0.717) is 31.6 Å². The molecule has 0 radical (unpaired) electrons. The number of carbonyl (C=O) groups is 1. The van der Waals surface area contributed by atoms with Gasteiger partial charge in [0.2, 0.25) is 5.91 Å². The molecule has 0 spiro atoms. The molecule has 2 heterocycles. The first kappa shape index (κ1) is 15.8. The molecule has 6 heteroatoms. The number of fused-ring (bicyclic) bond motifs is 1. The molecule has 0 aliphatic carbocycles. The van der Waals surface area contributed by atoms with Crippen LogP contribution in [-0.2, 0) is 17.8 Å². The van der Waals surface area contributed by atoms with E-state index in [4.69, 9.17) is 0 Å². The van der Waals surface area contributed by atoms with Crippen LogP contribution >= 0.6 is 0 Å². The first-order chi connectivity index (χ1) is 12.2. The van der Waals surface area contributed by atoms with Gasteiger partial charge in [0.25, 0.3) is 0 Å². The number of aromatic amines is 1. The van der Waals surface area contributed by atoms with Gasteiger partial charge in [-0.05, 0) is 35.7 Å². The van der Waals surface area contributed by atoms with E-state index in [9.17, 15) is 9.18 Å². The monoisotopic (exact) mass is 338 g/mol. The van der Waals surface area contributed by atoms with Crippen molar-refractivity contribution in [2.45, 2.75) is 13.0 Å². The Bertz CT molecular complexity index is 916. The van der Waals surface area contributed by atoms with Crippen LogP contribution in [-0.4, -0.2) is 29.0 Å². The fraction of sp³-hybridized carbons (Fsp3) is 0.263. The molecule has 0 unspecified atom stereocenters. The Morgan fingerprint density at radius 2 is 2.08 bits per heavy atom. The SMILES string of the molecule is O=C(NCc1ccc2nc[nH]c2c1)C1(Cc2ccccc2F)CNC1. The van der Waals surface area contributed by atoms with E-state index >= 15 is 0 Å². The number of hydrogen-bond acceptors (Lipinski definition) is 3. The number of rotatable bonds is 5. The van der Waals surface area contributed by atoms with Crippen LogP contribution in [0.15, 0.2) is 48.8 Å². The third-order valence-electron chi connectivity index (χ3n) is 4.83. The largest absolute Gasteiger partial charge is 0.351 e. The Morgan fingerprint density at radius 3 is 2.84 bits per heavy atom. The summed E-state index contributed by atoms with van der Waals surface area (Å²) < 4.78 is 14.0. The Labute approximate surface area is 144 Å². The Kier molecular flexibility index (Phi) is 3.97. The highest BCUT2D eigenvalue weighted by atomic mass is 19.1.